The van der Waals surface area contributed by atoms with E-state index in [1.165, 1.54) is 10.4 Å². The van der Waals surface area contributed by atoms with Crippen LogP contribution in [0.3, 0.4) is 0 Å². The van der Waals surface area contributed by atoms with Crippen molar-refractivity contribution in [3.63, 3.8) is 0 Å². The topological polar surface area (TPSA) is 77.3 Å². The first kappa shape index (κ1) is 21.2. The van der Waals surface area contributed by atoms with Gasteiger partial charge in [0.15, 0.2) is 0 Å². The molecular formula is C23H26N6O2S2. The quantitative estimate of drug-likeness (QED) is 0.419. The van der Waals surface area contributed by atoms with E-state index in [1.807, 2.05) is 17.1 Å². The zero-order valence-electron chi connectivity index (χ0n) is 18.3. The molecule has 8 nitrogen and oxygen atoms in total. The van der Waals surface area contributed by atoms with Crippen LogP contribution in [0.5, 0.6) is 0 Å². The number of aromatic nitrogens is 4. The molecule has 4 aromatic heterocycles. The van der Waals surface area contributed by atoms with Crippen LogP contribution in [0.25, 0.3) is 20.7 Å². The molecule has 6 rings (SSSR count). The maximum Gasteiger partial charge on any atom is 0.146 e. The van der Waals surface area contributed by atoms with Crippen LogP contribution in [0.2, 0.25) is 0 Å². The molecule has 10 heteroatoms. The molecule has 2 fully saturated rings. The highest BCUT2D eigenvalue weighted by Crippen LogP contribution is 2.39. The predicted molar refractivity (Wildman–Crippen MR) is 131 cm³/mol. The van der Waals surface area contributed by atoms with Gasteiger partial charge in [-0.25, -0.2) is 9.97 Å². The molecule has 2 saturated heterocycles. The van der Waals surface area contributed by atoms with E-state index in [4.69, 9.17) is 19.4 Å². The Bertz CT molecular complexity index is 1210. The van der Waals surface area contributed by atoms with Gasteiger partial charge in [0.05, 0.1) is 49.7 Å². The summed E-state index contributed by atoms with van der Waals surface area (Å²) in [7, 11) is 0. The number of hydrogen-bond donors (Lipinski definition) is 1. The van der Waals surface area contributed by atoms with Crippen molar-refractivity contribution in [2.24, 2.45) is 0 Å². The number of hydrogen-bond acceptors (Lipinski definition) is 9. The second-order valence-electron chi connectivity index (χ2n) is 8.39. The number of thiophene rings is 2. The Labute approximate surface area is 200 Å². The normalized spacial score (nSPS) is 19.5. The Morgan fingerprint density at radius 2 is 2.09 bits per heavy atom. The van der Waals surface area contributed by atoms with Gasteiger partial charge in [-0.2, -0.15) is 5.10 Å². The number of nitrogens with one attached hydrogen (secondary N) is 1. The molecule has 1 unspecified atom stereocenters. The summed E-state index contributed by atoms with van der Waals surface area (Å²) in [6.45, 7) is 5.69. The lowest BCUT2D eigenvalue weighted by Crippen LogP contribution is -2.36. The maximum atomic E-state index is 5.76. The molecule has 0 radical (unpaired) electrons. The monoisotopic (exact) mass is 482 g/mol. The first-order valence-electron chi connectivity index (χ1n) is 11.3. The first-order valence-corrected chi connectivity index (χ1v) is 13.1. The minimum atomic E-state index is 0.255. The maximum absolute atomic E-state index is 5.76. The summed E-state index contributed by atoms with van der Waals surface area (Å²) in [5.41, 5.74) is 2.10. The van der Waals surface area contributed by atoms with Crippen molar-refractivity contribution in [2.75, 3.05) is 38.2 Å². The van der Waals surface area contributed by atoms with E-state index in [0.717, 1.165) is 86.4 Å². The first-order chi connectivity index (χ1) is 16.3. The SMILES string of the molecule is c1csc(-c2csc3nc(CN4CCOCC4)nc(Nc4cnn(CC5CCCO5)c4)c23)c1. The standard InChI is InChI=1S/C23H26N6O2S2/c1-3-17(31-7-1)13-29-12-16(11-24-29)25-22-21-18(19-4-2-10-32-19)15-33-23(21)27-20(26-22)14-28-5-8-30-9-6-28/h2,4,10-12,15,17H,1,3,5-9,13-14H2,(H,25,26,27). The van der Waals surface area contributed by atoms with E-state index in [-0.39, 0.29) is 6.10 Å². The highest BCUT2D eigenvalue weighted by atomic mass is 32.1. The number of ether oxygens (including phenoxy) is 2. The summed E-state index contributed by atoms with van der Waals surface area (Å²) in [5.74, 6) is 1.67. The molecule has 33 heavy (non-hydrogen) atoms. The van der Waals surface area contributed by atoms with Crippen molar-refractivity contribution in [2.45, 2.75) is 32.0 Å². The van der Waals surface area contributed by atoms with Gasteiger partial charge in [-0.05, 0) is 24.3 Å². The highest BCUT2D eigenvalue weighted by molar-refractivity contribution is 7.18. The highest BCUT2D eigenvalue weighted by Gasteiger charge is 2.20. The smallest absolute Gasteiger partial charge is 0.146 e. The number of fused-ring (bicyclic) bond motifs is 1. The molecule has 0 aliphatic carbocycles. The molecule has 0 spiro atoms. The van der Waals surface area contributed by atoms with Crippen molar-refractivity contribution < 1.29 is 9.47 Å². The molecule has 0 aromatic carbocycles. The molecule has 0 amide bonds. The molecule has 0 bridgehead atoms. The Hall–Kier alpha value is -2.37. The Morgan fingerprint density at radius 3 is 2.91 bits per heavy atom. The fourth-order valence-electron chi connectivity index (χ4n) is 4.38. The molecule has 0 saturated carbocycles. The van der Waals surface area contributed by atoms with Gasteiger partial charge >= 0.3 is 0 Å². The zero-order chi connectivity index (χ0) is 22.0. The van der Waals surface area contributed by atoms with Gasteiger partial charge in [0.25, 0.3) is 0 Å². The summed E-state index contributed by atoms with van der Waals surface area (Å²) < 4.78 is 13.2. The minimum Gasteiger partial charge on any atom is -0.379 e. The molecule has 1 atom stereocenters. The summed E-state index contributed by atoms with van der Waals surface area (Å²) >= 11 is 3.41. The molecular weight excluding hydrogens is 456 g/mol. The molecule has 2 aliphatic rings. The number of nitrogens with zero attached hydrogens (tertiary/aromatic N) is 5. The largest absolute Gasteiger partial charge is 0.379 e. The second-order valence-corrected chi connectivity index (χ2v) is 10.2. The summed E-state index contributed by atoms with van der Waals surface area (Å²) in [6.07, 6.45) is 6.38. The van der Waals surface area contributed by atoms with E-state index in [0.29, 0.717) is 0 Å². The average Bonchev–Trinajstić information content (AvgIpc) is 3.63. The number of morpholine rings is 1. The summed E-state index contributed by atoms with van der Waals surface area (Å²) in [5, 5.41) is 13.5. The van der Waals surface area contributed by atoms with Gasteiger partial charge in [-0.15, -0.1) is 22.7 Å². The Balaban J connectivity index is 1.32. The van der Waals surface area contributed by atoms with Crippen LogP contribution in [-0.2, 0) is 22.6 Å². The van der Waals surface area contributed by atoms with Gasteiger partial charge in [0.1, 0.15) is 16.5 Å². The van der Waals surface area contributed by atoms with Crippen molar-refractivity contribution >= 4 is 44.4 Å². The van der Waals surface area contributed by atoms with Gasteiger partial charge in [0, 0.05) is 41.7 Å². The van der Waals surface area contributed by atoms with Gasteiger partial charge < -0.3 is 14.8 Å². The fraction of sp³-hybridized carbons (Fsp3) is 0.435. The van der Waals surface area contributed by atoms with Crippen molar-refractivity contribution in [1.29, 1.82) is 0 Å². The van der Waals surface area contributed by atoms with Crippen LogP contribution < -0.4 is 5.32 Å². The van der Waals surface area contributed by atoms with E-state index in [9.17, 15) is 0 Å². The Morgan fingerprint density at radius 1 is 1.15 bits per heavy atom. The van der Waals surface area contributed by atoms with Crippen LogP contribution in [0.1, 0.15) is 18.7 Å². The molecule has 172 valence electrons. The third-order valence-electron chi connectivity index (χ3n) is 6.05. The van der Waals surface area contributed by atoms with Gasteiger partial charge in [-0.1, -0.05) is 6.07 Å². The van der Waals surface area contributed by atoms with E-state index in [1.54, 1.807) is 22.7 Å². The van der Waals surface area contributed by atoms with Crippen molar-refractivity contribution in [1.82, 2.24) is 24.6 Å². The Kier molecular flexibility index (Phi) is 6.08. The average molecular weight is 483 g/mol. The molecule has 1 N–H and O–H groups in total. The lowest BCUT2D eigenvalue weighted by atomic mass is 10.2. The third kappa shape index (κ3) is 4.67. The fourth-order valence-corrected chi connectivity index (χ4v) is 6.16. The number of rotatable bonds is 7. The van der Waals surface area contributed by atoms with Crippen LogP contribution in [-0.4, -0.2) is 63.7 Å². The summed E-state index contributed by atoms with van der Waals surface area (Å²) in [4.78, 5) is 14.5. The van der Waals surface area contributed by atoms with E-state index in [2.05, 4.69) is 38.2 Å². The predicted octanol–water partition coefficient (Wildman–Crippen LogP) is 4.37. The lowest BCUT2D eigenvalue weighted by Gasteiger charge is -2.25. The van der Waals surface area contributed by atoms with Crippen LogP contribution in [0.4, 0.5) is 11.5 Å². The van der Waals surface area contributed by atoms with E-state index < -0.39 is 0 Å². The van der Waals surface area contributed by atoms with Gasteiger partial charge in [0.2, 0.25) is 0 Å². The molecule has 2 aliphatic heterocycles. The van der Waals surface area contributed by atoms with Crippen LogP contribution in [0.15, 0.2) is 35.3 Å². The second kappa shape index (κ2) is 9.47. The van der Waals surface area contributed by atoms with Crippen molar-refractivity contribution in [3.05, 3.63) is 41.1 Å². The minimum absolute atomic E-state index is 0.255. The molecule has 6 heterocycles. The lowest BCUT2D eigenvalue weighted by molar-refractivity contribution is 0.0331. The van der Waals surface area contributed by atoms with Crippen molar-refractivity contribution in [3.8, 4) is 10.4 Å². The number of anilines is 2. The third-order valence-corrected chi connectivity index (χ3v) is 7.82. The zero-order valence-corrected chi connectivity index (χ0v) is 19.9. The van der Waals surface area contributed by atoms with Crippen LogP contribution >= 0.6 is 22.7 Å². The molecule has 4 aromatic rings. The van der Waals surface area contributed by atoms with Crippen LogP contribution in [0, 0.1) is 0 Å². The summed E-state index contributed by atoms with van der Waals surface area (Å²) in [6, 6.07) is 4.23. The van der Waals surface area contributed by atoms with Gasteiger partial charge in [-0.3, -0.25) is 9.58 Å². The van der Waals surface area contributed by atoms with E-state index >= 15 is 0 Å².